The van der Waals surface area contributed by atoms with Gasteiger partial charge in [-0.15, -0.1) is 11.3 Å². The number of halogens is 4. The Kier molecular flexibility index (Phi) is 10.3. The number of fused-ring (bicyclic) bond motifs is 1. The summed E-state index contributed by atoms with van der Waals surface area (Å²) >= 11 is 1.21. The van der Waals surface area contributed by atoms with Crippen molar-refractivity contribution in [2.45, 2.75) is 31.5 Å². The second kappa shape index (κ2) is 13.9. The average Bonchev–Trinajstić information content (AvgIpc) is 3.29. The van der Waals surface area contributed by atoms with Crippen LogP contribution >= 0.6 is 11.3 Å². The zero-order chi connectivity index (χ0) is 29.4. The predicted octanol–water partition coefficient (Wildman–Crippen LogP) is 5.58. The highest BCUT2D eigenvalue weighted by atomic mass is 32.1. The van der Waals surface area contributed by atoms with Crippen LogP contribution in [0.25, 0.3) is 10.1 Å². The van der Waals surface area contributed by atoms with Crippen molar-refractivity contribution < 1.29 is 36.6 Å². The topological polar surface area (TPSA) is 80.9 Å². The maximum absolute atomic E-state index is 14.6. The smallest absolute Gasteiger partial charge is 0.393 e. The van der Waals surface area contributed by atoms with Gasteiger partial charge < -0.3 is 30.2 Å². The number of hydrogen-bond donors (Lipinski definition) is 3. The Morgan fingerprint density at radius 2 is 1.95 bits per heavy atom. The molecule has 0 saturated carbocycles. The number of carbonyl (C=O) groups excluding carboxylic acids is 1. The minimum Gasteiger partial charge on any atom is -0.489 e. The quantitative estimate of drug-likeness (QED) is 0.162. The number of ether oxygens (including phenoxy) is 3. The minimum absolute atomic E-state index is 0.00766. The summed E-state index contributed by atoms with van der Waals surface area (Å²) < 4.78 is 72.1. The minimum atomic E-state index is -4.41. The van der Waals surface area contributed by atoms with Crippen molar-refractivity contribution >= 4 is 38.7 Å². The van der Waals surface area contributed by atoms with Crippen LogP contribution in [0.3, 0.4) is 0 Å². The highest BCUT2D eigenvalue weighted by molar-refractivity contribution is 7.20. The second-order valence-electron chi connectivity index (χ2n) is 9.32. The van der Waals surface area contributed by atoms with E-state index in [0.29, 0.717) is 23.5 Å². The molecular formula is C29H31F4N3O4S. The fourth-order valence-electron chi connectivity index (χ4n) is 4.44. The van der Waals surface area contributed by atoms with E-state index in [-0.39, 0.29) is 48.4 Å². The molecule has 1 amide bonds. The number of methoxy groups -OCH3 is 1. The van der Waals surface area contributed by atoms with E-state index in [1.807, 2.05) is 6.07 Å². The molecule has 220 valence electrons. The van der Waals surface area contributed by atoms with Crippen LogP contribution in [0.1, 0.15) is 33.6 Å². The van der Waals surface area contributed by atoms with Gasteiger partial charge >= 0.3 is 6.18 Å². The average molecular weight is 594 g/mol. The standard InChI is InChI=1S/C29H31F4N3O4S/c1-34-28(37)20-15-25(40-14-13-38-2)24(16-22(20)30)35-10-4-7-26-21(17-29(31,32)33)19-5-3-6-23(27(19)41-26)36-18-8-11-39-12-9-18/h3,5-6,15-16,18,35-36H,8-14,17H2,1-2H3,(H,34,37). The van der Waals surface area contributed by atoms with Gasteiger partial charge in [-0.05, 0) is 35.9 Å². The largest absolute Gasteiger partial charge is 0.489 e. The van der Waals surface area contributed by atoms with Gasteiger partial charge in [0.25, 0.3) is 5.91 Å². The summed E-state index contributed by atoms with van der Waals surface area (Å²) in [5.41, 5.74) is 0.961. The summed E-state index contributed by atoms with van der Waals surface area (Å²) in [7, 11) is 2.89. The first kappa shape index (κ1) is 30.4. The Morgan fingerprint density at radius 3 is 2.66 bits per heavy atom. The molecule has 1 aliphatic rings. The van der Waals surface area contributed by atoms with Crippen LogP contribution in [0, 0.1) is 17.7 Å². The molecule has 1 aliphatic heterocycles. The summed E-state index contributed by atoms with van der Waals surface area (Å²) in [4.78, 5) is 12.3. The van der Waals surface area contributed by atoms with Crippen molar-refractivity contribution in [2.75, 3.05) is 57.8 Å². The van der Waals surface area contributed by atoms with Gasteiger partial charge in [0.05, 0.1) is 46.1 Å². The summed E-state index contributed by atoms with van der Waals surface area (Å²) in [5.74, 6) is 4.59. The number of benzene rings is 2. The number of hydrogen-bond acceptors (Lipinski definition) is 7. The van der Waals surface area contributed by atoms with E-state index in [1.54, 1.807) is 12.1 Å². The van der Waals surface area contributed by atoms with Gasteiger partial charge in [0.1, 0.15) is 18.2 Å². The molecule has 1 aromatic heterocycles. The van der Waals surface area contributed by atoms with Crippen LogP contribution in [0.4, 0.5) is 28.9 Å². The molecule has 0 aliphatic carbocycles. The molecule has 0 radical (unpaired) electrons. The van der Waals surface area contributed by atoms with Crippen LogP contribution < -0.4 is 20.7 Å². The molecule has 0 bridgehead atoms. The third-order valence-electron chi connectivity index (χ3n) is 6.43. The van der Waals surface area contributed by atoms with E-state index >= 15 is 0 Å². The molecule has 1 saturated heterocycles. The summed E-state index contributed by atoms with van der Waals surface area (Å²) in [6.45, 7) is 1.69. The van der Waals surface area contributed by atoms with Crippen molar-refractivity contribution in [1.29, 1.82) is 0 Å². The van der Waals surface area contributed by atoms with Crippen LogP contribution in [0.2, 0.25) is 0 Å². The summed E-state index contributed by atoms with van der Waals surface area (Å²) in [5, 5.41) is 9.31. The molecule has 41 heavy (non-hydrogen) atoms. The Labute approximate surface area is 239 Å². The fraction of sp³-hybridized carbons (Fsp3) is 0.414. The van der Waals surface area contributed by atoms with E-state index in [9.17, 15) is 22.4 Å². The van der Waals surface area contributed by atoms with Gasteiger partial charge in [0.15, 0.2) is 0 Å². The Morgan fingerprint density at radius 1 is 1.17 bits per heavy atom. The Hall–Kier alpha value is -3.53. The number of nitrogens with one attached hydrogen (secondary N) is 3. The number of anilines is 2. The normalized spacial score (nSPS) is 13.9. The second-order valence-corrected chi connectivity index (χ2v) is 10.3. The highest BCUT2D eigenvalue weighted by Crippen LogP contribution is 2.39. The third-order valence-corrected chi connectivity index (χ3v) is 7.63. The zero-order valence-corrected chi connectivity index (χ0v) is 23.5. The first-order valence-electron chi connectivity index (χ1n) is 13.1. The molecule has 0 atom stereocenters. The lowest BCUT2D eigenvalue weighted by atomic mass is 10.1. The molecule has 1 fully saturated rings. The molecule has 3 aromatic rings. The monoisotopic (exact) mass is 593 g/mol. The predicted molar refractivity (Wildman–Crippen MR) is 152 cm³/mol. The molecule has 2 aromatic carbocycles. The fourth-order valence-corrected chi connectivity index (χ4v) is 5.61. The first-order chi connectivity index (χ1) is 19.7. The van der Waals surface area contributed by atoms with Crippen molar-refractivity contribution in [3.8, 4) is 17.6 Å². The van der Waals surface area contributed by atoms with Crippen molar-refractivity contribution in [3.05, 3.63) is 52.2 Å². The van der Waals surface area contributed by atoms with E-state index in [2.05, 4.69) is 27.8 Å². The van der Waals surface area contributed by atoms with E-state index in [4.69, 9.17) is 14.2 Å². The first-order valence-corrected chi connectivity index (χ1v) is 13.9. The van der Waals surface area contributed by atoms with Gasteiger partial charge in [-0.1, -0.05) is 24.0 Å². The van der Waals surface area contributed by atoms with Crippen LogP contribution in [0.15, 0.2) is 30.3 Å². The Balaban J connectivity index is 1.60. The molecule has 12 heteroatoms. The lowest BCUT2D eigenvalue weighted by Crippen LogP contribution is -2.27. The lowest BCUT2D eigenvalue weighted by molar-refractivity contribution is -0.126. The number of amides is 1. The lowest BCUT2D eigenvalue weighted by Gasteiger charge is -2.24. The van der Waals surface area contributed by atoms with Gasteiger partial charge in [-0.2, -0.15) is 13.2 Å². The van der Waals surface area contributed by atoms with Gasteiger partial charge in [0.2, 0.25) is 0 Å². The number of alkyl halides is 3. The molecular weight excluding hydrogens is 562 g/mol. The van der Waals surface area contributed by atoms with Gasteiger partial charge in [-0.3, -0.25) is 4.79 Å². The number of carbonyl (C=O) groups is 1. The molecule has 2 heterocycles. The van der Waals surface area contributed by atoms with E-state index in [1.165, 1.54) is 31.6 Å². The SMILES string of the molecule is CNC(=O)c1cc(OCCOC)c(NCC#Cc2sc3c(NC4CCOCC4)cccc3c2CC(F)(F)F)cc1F. The van der Waals surface area contributed by atoms with Crippen molar-refractivity contribution in [2.24, 2.45) is 0 Å². The van der Waals surface area contributed by atoms with E-state index < -0.39 is 24.3 Å². The molecule has 4 rings (SSSR count). The molecule has 3 N–H and O–H groups in total. The van der Waals surface area contributed by atoms with E-state index in [0.717, 1.165) is 29.3 Å². The zero-order valence-electron chi connectivity index (χ0n) is 22.7. The van der Waals surface area contributed by atoms with Crippen LogP contribution in [0.5, 0.6) is 5.75 Å². The van der Waals surface area contributed by atoms with Crippen molar-refractivity contribution in [1.82, 2.24) is 5.32 Å². The summed E-state index contributed by atoms with van der Waals surface area (Å²) in [6.07, 6.45) is -3.88. The molecule has 0 unspecified atom stereocenters. The van der Waals surface area contributed by atoms with Gasteiger partial charge in [-0.25, -0.2) is 4.39 Å². The maximum atomic E-state index is 14.6. The van der Waals surface area contributed by atoms with Gasteiger partial charge in [0, 0.05) is 39.5 Å². The molecule has 7 nitrogen and oxygen atoms in total. The number of rotatable bonds is 10. The third kappa shape index (κ3) is 8.03. The number of thiophene rings is 1. The highest BCUT2D eigenvalue weighted by Gasteiger charge is 2.31. The Bertz CT molecular complexity index is 1430. The van der Waals surface area contributed by atoms with Crippen LogP contribution in [-0.2, 0) is 15.9 Å². The maximum Gasteiger partial charge on any atom is 0.393 e. The summed E-state index contributed by atoms with van der Waals surface area (Å²) in [6, 6.07) is 7.88. The van der Waals surface area contributed by atoms with Crippen molar-refractivity contribution in [3.63, 3.8) is 0 Å². The molecule has 0 spiro atoms. The van der Waals surface area contributed by atoms with Crippen LogP contribution in [-0.4, -0.2) is 65.3 Å².